The number of amides is 1. The standard InChI is InChI=1S/C25H21ClF2N4O4S2/c1-3-38(34,35)32-20-6-16(26)5-19(8-20)31-25(33)23-9-21(14(2)37-23)24-22(7-18(28)12-30-24)36-13-15-4-17(27)11-29-10-15/h4-12,32H,3,13H2,1-2H3,(H,31,33). The number of carbonyl (C=O) groups excluding carboxylic acids is 1. The fourth-order valence-electron chi connectivity index (χ4n) is 3.42. The van der Waals surface area contributed by atoms with Crippen molar-refractivity contribution in [1.29, 1.82) is 0 Å². The van der Waals surface area contributed by atoms with E-state index in [4.69, 9.17) is 16.3 Å². The van der Waals surface area contributed by atoms with Gasteiger partial charge in [0.1, 0.15) is 29.7 Å². The van der Waals surface area contributed by atoms with Crippen molar-refractivity contribution in [1.82, 2.24) is 9.97 Å². The number of benzene rings is 1. The molecule has 0 spiro atoms. The van der Waals surface area contributed by atoms with Crippen LogP contribution in [0.15, 0.2) is 55.0 Å². The first-order valence-electron chi connectivity index (χ1n) is 11.1. The summed E-state index contributed by atoms with van der Waals surface area (Å²) in [6.45, 7) is 3.20. The maximum atomic E-state index is 14.0. The number of nitrogens with one attached hydrogen (secondary N) is 2. The highest BCUT2D eigenvalue weighted by molar-refractivity contribution is 7.92. The number of hydrogen-bond donors (Lipinski definition) is 2. The van der Waals surface area contributed by atoms with Crippen molar-refractivity contribution in [3.8, 4) is 17.0 Å². The zero-order valence-corrected chi connectivity index (χ0v) is 22.5. The third-order valence-corrected chi connectivity index (χ3v) is 7.76. The number of nitrogens with zero attached hydrogens (tertiary/aromatic N) is 2. The molecule has 8 nitrogen and oxygen atoms in total. The molecular formula is C25H21ClF2N4O4S2. The number of thiophene rings is 1. The fourth-order valence-corrected chi connectivity index (χ4v) is 5.20. The maximum Gasteiger partial charge on any atom is 0.265 e. The summed E-state index contributed by atoms with van der Waals surface area (Å²) < 4.78 is 59.4. The van der Waals surface area contributed by atoms with Gasteiger partial charge in [0.15, 0.2) is 0 Å². The van der Waals surface area contributed by atoms with Crippen molar-refractivity contribution in [3.05, 3.63) is 87.0 Å². The normalized spacial score (nSPS) is 11.3. The lowest BCUT2D eigenvalue weighted by molar-refractivity contribution is 0.103. The molecule has 0 saturated carbocycles. The monoisotopic (exact) mass is 578 g/mol. The molecule has 2 N–H and O–H groups in total. The van der Waals surface area contributed by atoms with Crippen LogP contribution >= 0.6 is 22.9 Å². The number of hydrogen-bond acceptors (Lipinski definition) is 7. The third kappa shape index (κ3) is 6.82. The molecule has 198 valence electrons. The van der Waals surface area contributed by atoms with Crippen LogP contribution in [0.4, 0.5) is 20.2 Å². The summed E-state index contributed by atoms with van der Waals surface area (Å²) in [6, 6.07) is 8.38. The van der Waals surface area contributed by atoms with Crippen LogP contribution in [0, 0.1) is 18.6 Å². The molecule has 3 aromatic heterocycles. The van der Waals surface area contributed by atoms with Crippen molar-refractivity contribution in [2.75, 3.05) is 15.8 Å². The number of anilines is 2. The van der Waals surface area contributed by atoms with Gasteiger partial charge in [0, 0.05) is 39.0 Å². The van der Waals surface area contributed by atoms with Crippen LogP contribution in [0.1, 0.15) is 27.0 Å². The van der Waals surface area contributed by atoms with E-state index in [1.54, 1.807) is 13.0 Å². The van der Waals surface area contributed by atoms with Crippen LogP contribution in [0.3, 0.4) is 0 Å². The summed E-state index contributed by atoms with van der Waals surface area (Å²) in [4.78, 5) is 22.0. The first-order chi connectivity index (χ1) is 18.0. The molecule has 0 radical (unpaired) electrons. The topological polar surface area (TPSA) is 110 Å². The van der Waals surface area contributed by atoms with Crippen molar-refractivity contribution in [2.24, 2.45) is 0 Å². The lowest BCUT2D eigenvalue weighted by atomic mass is 10.1. The number of carbonyl (C=O) groups is 1. The van der Waals surface area contributed by atoms with Gasteiger partial charge in [0.2, 0.25) is 10.0 Å². The number of ether oxygens (including phenoxy) is 1. The summed E-state index contributed by atoms with van der Waals surface area (Å²) in [5.74, 6) is -1.62. The average Bonchev–Trinajstić information content (AvgIpc) is 3.23. The molecule has 0 aliphatic carbocycles. The highest BCUT2D eigenvalue weighted by atomic mass is 35.5. The second-order valence-corrected chi connectivity index (χ2v) is 11.8. The van der Waals surface area contributed by atoms with Crippen LogP contribution in [0.5, 0.6) is 5.75 Å². The molecular weight excluding hydrogens is 558 g/mol. The van der Waals surface area contributed by atoms with Crippen molar-refractivity contribution in [2.45, 2.75) is 20.5 Å². The van der Waals surface area contributed by atoms with Crippen molar-refractivity contribution >= 4 is 50.2 Å². The summed E-state index contributed by atoms with van der Waals surface area (Å²) >= 11 is 7.30. The smallest absolute Gasteiger partial charge is 0.265 e. The molecule has 3 heterocycles. The number of aryl methyl sites for hydroxylation is 1. The van der Waals surface area contributed by atoms with Gasteiger partial charge in [-0.2, -0.15) is 0 Å². The minimum Gasteiger partial charge on any atom is -0.486 e. The van der Waals surface area contributed by atoms with E-state index in [0.717, 1.165) is 18.5 Å². The van der Waals surface area contributed by atoms with E-state index < -0.39 is 27.6 Å². The summed E-state index contributed by atoms with van der Waals surface area (Å²) in [6.07, 6.45) is 3.53. The van der Waals surface area contributed by atoms with Gasteiger partial charge < -0.3 is 10.1 Å². The molecule has 1 aromatic carbocycles. The minimum atomic E-state index is -3.54. The molecule has 38 heavy (non-hydrogen) atoms. The van der Waals surface area contributed by atoms with Gasteiger partial charge in [-0.1, -0.05) is 11.6 Å². The van der Waals surface area contributed by atoms with E-state index in [-0.39, 0.29) is 34.5 Å². The quantitative estimate of drug-likeness (QED) is 0.251. The Morgan fingerprint density at radius 3 is 2.53 bits per heavy atom. The Kier molecular flexibility index (Phi) is 8.24. The molecule has 0 aliphatic heterocycles. The van der Waals surface area contributed by atoms with Gasteiger partial charge >= 0.3 is 0 Å². The van der Waals surface area contributed by atoms with E-state index in [1.165, 1.54) is 48.7 Å². The molecule has 0 unspecified atom stereocenters. The molecule has 1 amide bonds. The molecule has 0 atom stereocenters. The van der Waals surface area contributed by atoms with E-state index in [2.05, 4.69) is 20.0 Å². The lowest BCUT2D eigenvalue weighted by Crippen LogP contribution is -2.15. The summed E-state index contributed by atoms with van der Waals surface area (Å²) in [5.41, 5.74) is 1.81. The second kappa shape index (κ2) is 11.4. The van der Waals surface area contributed by atoms with Crippen LogP contribution in [0.25, 0.3) is 11.3 Å². The molecule has 0 bridgehead atoms. The number of pyridine rings is 2. The van der Waals surface area contributed by atoms with Crippen LogP contribution < -0.4 is 14.8 Å². The first-order valence-corrected chi connectivity index (χ1v) is 14.0. The lowest BCUT2D eigenvalue weighted by Gasteiger charge is -2.11. The molecule has 13 heteroatoms. The molecule has 0 aliphatic rings. The maximum absolute atomic E-state index is 14.0. The first kappa shape index (κ1) is 27.4. The Hall–Kier alpha value is -3.61. The SMILES string of the molecule is CCS(=O)(=O)Nc1cc(Cl)cc(NC(=O)c2cc(-c3ncc(F)cc3OCc3cncc(F)c3)c(C)s2)c1. The zero-order chi connectivity index (χ0) is 27.4. The highest BCUT2D eigenvalue weighted by Crippen LogP contribution is 2.36. The van der Waals surface area contributed by atoms with Crippen LogP contribution in [0.2, 0.25) is 5.02 Å². The Morgan fingerprint density at radius 2 is 1.79 bits per heavy atom. The van der Waals surface area contributed by atoms with Gasteiger partial charge in [-0.15, -0.1) is 11.3 Å². The van der Waals surface area contributed by atoms with E-state index in [0.29, 0.717) is 26.6 Å². The Labute approximate surface area is 226 Å². The number of rotatable bonds is 9. The number of sulfonamides is 1. The van der Waals surface area contributed by atoms with E-state index >= 15 is 0 Å². The number of aromatic nitrogens is 2. The van der Waals surface area contributed by atoms with Crippen molar-refractivity contribution in [3.63, 3.8) is 0 Å². The predicted octanol–water partition coefficient (Wildman–Crippen LogP) is 6.04. The minimum absolute atomic E-state index is 0.0711. The van der Waals surface area contributed by atoms with Gasteiger partial charge in [-0.25, -0.2) is 22.2 Å². The average molecular weight is 579 g/mol. The molecule has 4 rings (SSSR count). The van der Waals surface area contributed by atoms with Crippen LogP contribution in [-0.4, -0.2) is 30.0 Å². The predicted molar refractivity (Wildman–Crippen MR) is 143 cm³/mol. The highest BCUT2D eigenvalue weighted by Gasteiger charge is 2.19. The zero-order valence-electron chi connectivity index (χ0n) is 20.1. The third-order valence-electron chi connectivity index (χ3n) is 5.18. The van der Waals surface area contributed by atoms with Gasteiger partial charge in [-0.3, -0.25) is 14.5 Å². The number of halogens is 3. The largest absolute Gasteiger partial charge is 0.486 e. The summed E-state index contributed by atoms with van der Waals surface area (Å²) in [5, 5.41) is 2.94. The van der Waals surface area contributed by atoms with E-state index in [1.807, 2.05) is 0 Å². The Morgan fingerprint density at radius 1 is 1.05 bits per heavy atom. The van der Waals surface area contributed by atoms with Gasteiger partial charge in [0.25, 0.3) is 5.91 Å². The fraction of sp³-hybridized carbons (Fsp3) is 0.160. The second-order valence-electron chi connectivity index (χ2n) is 8.07. The molecule has 0 fully saturated rings. The van der Waals surface area contributed by atoms with Gasteiger partial charge in [-0.05, 0) is 44.2 Å². The van der Waals surface area contributed by atoms with E-state index in [9.17, 15) is 22.0 Å². The summed E-state index contributed by atoms with van der Waals surface area (Å²) in [7, 11) is -3.54. The molecule has 0 saturated heterocycles. The van der Waals surface area contributed by atoms with Gasteiger partial charge in [0.05, 0.1) is 28.7 Å². The van der Waals surface area contributed by atoms with Crippen LogP contribution in [-0.2, 0) is 16.6 Å². The van der Waals surface area contributed by atoms with Crippen molar-refractivity contribution < 1.29 is 26.7 Å². The Balaban J connectivity index is 1.57. The Bertz CT molecular complexity index is 1610. The molecule has 4 aromatic rings.